The van der Waals surface area contributed by atoms with Crippen LogP contribution in [0.4, 0.5) is 0 Å². The van der Waals surface area contributed by atoms with Crippen molar-refractivity contribution in [3.8, 4) is 5.75 Å². The molecular formula is C11H11N3O3. The number of hydrogen-bond acceptors (Lipinski definition) is 4. The summed E-state index contributed by atoms with van der Waals surface area (Å²) in [5.41, 5.74) is -0.164. The van der Waals surface area contributed by atoms with Gasteiger partial charge < -0.3 is 4.74 Å². The molecule has 0 amide bonds. The summed E-state index contributed by atoms with van der Waals surface area (Å²) in [6, 6.07) is 7.29. The quantitative estimate of drug-likeness (QED) is 0.808. The summed E-state index contributed by atoms with van der Waals surface area (Å²) in [4.78, 5) is 24.4. The Hall–Kier alpha value is -2.37. The summed E-state index contributed by atoms with van der Waals surface area (Å²) in [5, 5.41) is 3.75. The first-order valence-corrected chi connectivity index (χ1v) is 4.98. The van der Waals surface area contributed by atoms with Crippen LogP contribution >= 0.6 is 0 Å². The van der Waals surface area contributed by atoms with E-state index >= 15 is 0 Å². The number of aromatic nitrogens is 3. The van der Waals surface area contributed by atoms with E-state index in [1.807, 2.05) is 18.2 Å². The molecule has 2 aromatic rings. The molecule has 0 atom stereocenters. The largest absolute Gasteiger partial charge is 0.497 e. The molecule has 6 nitrogen and oxygen atoms in total. The fourth-order valence-electron chi connectivity index (χ4n) is 1.43. The van der Waals surface area contributed by atoms with Gasteiger partial charge >= 0.3 is 5.69 Å². The molecule has 1 N–H and O–H groups in total. The van der Waals surface area contributed by atoms with Crippen molar-refractivity contribution in [2.45, 2.75) is 6.54 Å². The topological polar surface area (TPSA) is 77.0 Å². The SMILES string of the molecule is COc1cccc(Cn2ncc(=O)[nH]c2=O)c1. The van der Waals surface area contributed by atoms with Crippen LogP contribution < -0.4 is 16.0 Å². The third-order valence-electron chi connectivity index (χ3n) is 2.25. The summed E-state index contributed by atoms with van der Waals surface area (Å²) >= 11 is 0. The highest BCUT2D eigenvalue weighted by Gasteiger charge is 2.01. The Balaban J connectivity index is 2.31. The molecule has 17 heavy (non-hydrogen) atoms. The maximum absolute atomic E-state index is 11.4. The van der Waals surface area contributed by atoms with Crippen molar-refractivity contribution in [1.82, 2.24) is 14.8 Å². The van der Waals surface area contributed by atoms with Crippen molar-refractivity contribution in [2.75, 3.05) is 7.11 Å². The lowest BCUT2D eigenvalue weighted by Gasteiger charge is -2.05. The maximum atomic E-state index is 11.4. The third kappa shape index (κ3) is 2.60. The second-order valence-electron chi connectivity index (χ2n) is 3.45. The Morgan fingerprint density at radius 3 is 2.94 bits per heavy atom. The van der Waals surface area contributed by atoms with E-state index < -0.39 is 11.2 Å². The minimum absolute atomic E-state index is 0.285. The number of benzene rings is 1. The van der Waals surface area contributed by atoms with Gasteiger partial charge in [-0.25, -0.2) is 9.48 Å². The van der Waals surface area contributed by atoms with E-state index in [9.17, 15) is 9.59 Å². The minimum Gasteiger partial charge on any atom is -0.497 e. The zero-order valence-electron chi connectivity index (χ0n) is 9.21. The number of H-pyrrole nitrogens is 1. The molecule has 0 fully saturated rings. The van der Waals surface area contributed by atoms with E-state index in [-0.39, 0.29) is 6.54 Å². The van der Waals surface area contributed by atoms with Crippen LogP contribution in [0.2, 0.25) is 0 Å². The van der Waals surface area contributed by atoms with E-state index in [0.29, 0.717) is 5.75 Å². The Kier molecular flexibility index (Phi) is 3.04. The number of methoxy groups -OCH3 is 1. The van der Waals surface area contributed by atoms with Gasteiger partial charge in [0.1, 0.15) is 11.9 Å². The molecule has 88 valence electrons. The van der Waals surface area contributed by atoms with Gasteiger partial charge in [-0.1, -0.05) is 12.1 Å². The molecule has 2 rings (SSSR count). The zero-order valence-corrected chi connectivity index (χ0v) is 9.21. The third-order valence-corrected chi connectivity index (χ3v) is 2.25. The first-order valence-electron chi connectivity index (χ1n) is 4.98. The standard InChI is InChI=1S/C11H11N3O3/c1-17-9-4-2-3-8(5-9)7-14-11(16)13-10(15)6-12-14/h2-6H,7H2,1H3,(H,13,15,16). The van der Waals surface area contributed by atoms with Gasteiger partial charge in [0.25, 0.3) is 5.56 Å². The molecule has 1 aromatic heterocycles. The maximum Gasteiger partial charge on any atom is 0.345 e. The van der Waals surface area contributed by atoms with Gasteiger partial charge in [0.05, 0.1) is 13.7 Å². The molecule has 1 heterocycles. The molecule has 0 aliphatic rings. The first-order chi connectivity index (χ1) is 8.19. The number of aromatic amines is 1. The van der Waals surface area contributed by atoms with Crippen molar-refractivity contribution in [3.63, 3.8) is 0 Å². The fourth-order valence-corrected chi connectivity index (χ4v) is 1.43. The number of rotatable bonds is 3. The van der Waals surface area contributed by atoms with Gasteiger partial charge in [0.2, 0.25) is 0 Å². The predicted molar refractivity (Wildman–Crippen MR) is 61.2 cm³/mol. The average Bonchev–Trinajstić information content (AvgIpc) is 2.33. The lowest BCUT2D eigenvalue weighted by atomic mass is 10.2. The van der Waals surface area contributed by atoms with Gasteiger partial charge in [-0.3, -0.25) is 9.78 Å². The number of nitrogens with zero attached hydrogens (tertiary/aromatic N) is 2. The van der Waals surface area contributed by atoms with E-state index in [4.69, 9.17) is 4.74 Å². The Labute approximate surface area is 96.5 Å². The summed E-state index contributed by atoms with van der Waals surface area (Å²) < 4.78 is 6.25. The highest BCUT2D eigenvalue weighted by molar-refractivity contribution is 5.28. The lowest BCUT2D eigenvalue weighted by Crippen LogP contribution is -2.31. The molecule has 0 aliphatic carbocycles. The molecular weight excluding hydrogens is 222 g/mol. The van der Waals surface area contributed by atoms with Crippen LogP contribution in [0.25, 0.3) is 0 Å². The molecule has 1 aromatic carbocycles. The van der Waals surface area contributed by atoms with Crippen molar-refractivity contribution >= 4 is 0 Å². The van der Waals surface area contributed by atoms with Crippen molar-refractivity contribution in [3.05, 3.63) is 56.9 Å². The van der Waals surface area contributed by atoms with Crippen LogP contribution in [0.5, 0.6) is 5.75 Å². The van der Waals surface area contributed by atoms with Crippen LogP contribution in [0.1, 0.15) is 5.56 Å². The van der Waals surface area contributed by atoms with E-state index in [1.54, 1.807) is 13.2 Å². The molecule has 0 bridgehead atoms. The molecule has 0 saturated heterocycles. The number of nitrogens with one attached hydrogen (secondary N) is 1. The van der Waals surface area contributed by atoms with Crippen LogP contribution in [-0.2, 0) is 6.54 Å². The summed E-state index contributed by atoms with van der Waals surface area (Å²) in [6.45, 7) is 0.285. The molecule has 0 radical (unpaired) electrons. The van der Waals surface area contributed by atoms with Gasteiger partial charge in [-0.2, -0.15) is 5.10 Å². The van der Waals surface area contributed by atoms with Gasteiger partial charge in [-0.15, -0.1) is 0 Å². The van der Waals surface area contributed by atoms with Gasteiger partial charge in [0.15, 0.2) is 0 Å². The second kappa shape index (κ2) is 4.65. The first kappa shape index (κ1) is 11.1. The zero-order chi connectivity index (χ0) is 12.3. The molecule has 0 unspecified atom stereocenters. The number of hydrogen-bond donors (Lipinski definition) is 1. The lowest BCUT2D eigenvalue weighted by molar-refractivity contribution is 0.414. The van der Waals surface area contributed by atoms with E-state index in [2.05, 4.69) is 10.1 Å². The Morgan fingerprint density at radius 1 is 1.41 bits per heavy atom. The summed E-state index contributed by atoms with van der Waals surface area (Å²) in [6.07, 6.45) is 1.07. The predicted octanol–water partition coefficient (Wildman–Crippen LogP) is -0.0115. The van der Waals surface area contributed by atoms with E-state index in [0.717, 1.165) is 11.8 Å². The minimum atomic E-state index is -0.527. The van der Waals surface area contributed by atoms with Crippen molar-refractivity contribution in [1.29, 1.82) is 0 Å². The normalized spacial score (nSPS) is 10.2. The Morgan fingerprint density at radius 2 is 2.24 bits per heavy atom. The van der Waals surface area contributed by atoms with Crippen LogP contribution in [0, 0.1) is 0 Å². The monoisotopic (exact) mass is 233 g/mol. The summed E-state index contributed by atoms with van der Waals surface area (Å²) in [5.74, 6) is 0.708. The van der Waals surface area contributed by atoms with Crippen LogP contribution in [-0.4, -0.2) is 21.9 Å². The van der Waals surface area contributed by atoms with Crippen LogP contribution in [0.15, 0.2) is 40.1 Å². The van der Waals surface area contributed by atoms with Gasteiger partial charge in [0, 0.05) is 0 Å². The molecule has 0 saturated carbocycles. The van der Waals surface area contributed by atoms with E-state index in [1.165, 1.54) is 4.68 Å². The average molecular weight is 233 g/mol. The van der Waals surface area contributed by atoms with Crippen LogP contribution in [0.3, 0.4) is 0 Å². The van der Waals surface area contributed by atoms with Gasteiger partial charge in [-0.05, 0) is 17.7 Å². The number of ether oxygens (including phenoxy) is 1. The van der Waals surface area contributed by atoms with Crippen molar-refractivity contribution < 1.29 is 4.74 Å². The molecule has 0 spiro atoms. The molecule has 0 aliphatic heterocycles. The molecule has 6 heteroatoms. The van der Waals surface area contributed by atoms with Crippen molar-refractivity contribution in [2.24, 2.45) is 0 Å². The highest BCUT2D eigenvalue weighted by Crippen LogP contribution is 2.12. The fraction of sp³-hybridized carbons (Fsp3) is 0.182. The highest BCUT2D eigenvalue weighted by atomic mass is 16.5. The second-order valence-corrected chi connectivity index (χ2v) is 3.45. The smallest absolute Gasteiger partial charge is 0.345 e. The summed E-state index contributed by atoms with van der Waals surface area (Å²) in [7, 11) is 1.57. The Bertz CT molecular complexity index is 630.